The molecular formula is C15H25N5. The van der Waals surface area contributed by atoms with Crippen LogP contribution in [0.2, 0.25) is 0 Å². The van der Waals surface area contributed by atoms with Crippen LogP contribution in [0.15, 0.2) is 0 Å². The first-order chi connectivity index (χ1) is 9.40. The van der Waals surface area contributed by atoms with Crippen LogP contribution in [-0.4, -0.2) is 30.3 Å². The highest BCUT2D eigenvalue weighted by Crippen LogP contribution is 2.25. The van der Waals surface area contributed by atoms with E-state index in [4.69, 9.17) is 5.73 Å². The first-order valence-corrected chi connectivity index (χ1v) is 7.09. The number of aromatic nitrogens is 2. The summed E-state index contributed by atoms with van der Waals surface area (Å²) in [6.45, 7) is 9.60. The molecule has 0 saturated carbocycles. The van der Waals surface area contributed by atoms with E-state index in [9.17, 15) is 5.26 Å². The number of hydrogen-bond donors (Lipinski definition) is 1. The second kappa shape index (κ2) is 6.67. The first kappa shape index (κ1) is 16.4. The molecule has 0 aliphatic rings. The number of rotatable bonds is 6. The van der Waals surface area contributed by atoms with Crippen molar-refractivity contribution in [3.8, 4) is 6.07 Å². The Kier molecular flexibility index (Phi) is 5.46. The average molecular weight is 275 g/mol. The molecule has 0 aliphatic carbocycles. The SMILES string of the molecule is CCc1nnc(N(C)CC(C)(C)CN)c(C#N)c1CC. The molecule has 0 amide bonds. The van der Waals surface area contributed by atoms with Gasteiger partial charge >= 0.3 is 0 Å². The molecule has 0 fully saturated rings. The average Bonchev–Trinajstić information content (AvgIpc) is 2.44. The second-order valence-corrected chi connectivity index (χ2v) is 5.87. The molecule has 20 heavy (non-hydrogen) atoms. The predicted molar refractivity (Wildman–Crippen MR) is 81.6 cm³/mol. The topological polar surface area (TPSA) is 78.8 Å². The van der Waals surface area contributed by atoms with Crippen LogP contribution in [0, 0.1) is 16.7 Å². The van der Waals surface area contributed by atoms with E-state index in [1.807, 2.05) is 25.8 Å². The maximum Gasteiger partial charge on any atom is 0.169 e. The van der Waals surface area contributed by atoms with Crippen LogP contribution in [0.1, 0.15) is 44.5 Å². The van der Waals surface area contributed by atoms with E-state index >= 15 is 0 Å². The van der Waals surface area contributed by atoms with Crippen molar-refractivity contribution in [1.82, 2.24) is 10.2 Å². The Morgan fingerprint density at radius 1 is 1.25 bits per heavy atom. The van der Waals surface area contributed by atoms with Crippen LogP contribution in [0.5, 0.6) is 0 Å². The van der Waals surface area contributed by atoms with Crippen molar-refractivity contribution in [3.05, 3.63) is 16.8 Å². The quantitative estimate of drug-likeness (QED) is 0.857. The molecule has 1 rings (SSSR count). The summed E-state index contributed by atoms with van der Waals surface area (Å²) in [5.41, 5.74) is 8.32. The van der Waals surface area contributed by atoms with Gasteiger partial charge in [-0.25, -0.2) is 0 Å². The number of anilines is 1. The number of nitrogens with two attached hydrogens (primary N) is 1. The number of nitrogens with zero attached hydrogens (tertiary/aromatic N) is 4. The van der Waals surface area contributed by atoms with Crippen molar-refractivity contribution in [2.75, 3.05) is 25.0 Å². The Labute approximate surface area is 121 Å². The minimum atomic E-state index is -0.0288. The highest BCUT2D eigenvalue weighted by atomic mass is 15.3. The zero-order valence-electron chi connectivity index (χ0n) is 13.2. The van der Waals surface area contributed by atoms with E-state index in [0.29, 0.717) is 17.9 Å². The molecule has 0 bridgehead atoms. The standard InChI is InChI=1S/C15H25N5/c1-6-11-12(8-16)14(19-18-13(11)7-2)20(5)10-15(3,4)9-17/h6-7,9-10,17H2,1-5H3. The molecule has 0 atom stereocenters. The first-order valence-electron chi connectivity index (χ1n) is 7.09. The Morgan fingerprint density at radius 3 is 2.35 bits per heavy atom. The lowest BCUT2D eigenvalue weighted by Crippen LogP contribution is -2.37. The molecule has 0 spiro atoms. The third kappa shape index (κ3) is 3.45. The van der Waals surface area contributed by atoms with E-state index in [-0.39, 0.29) is 5.41 Å². The summed E-state index contributed by atoms with van der Waals surface area (Å²) in [4.78, 5) is 1.98. The van der Waals surface area contributed by atoms with Crippen LogP contribution in [-0.2, 0) is 12.8 Å². The van der Waals surface area contributed by atoms with Crippen molar-refractivity contribution < 1.29 is 0 Å². The molecule has 5 heteroatoms. The van der Waals surface area contributed by atoms with Gasteiger partial charge in [-0.2, -0.15) is 10.4 Å². The van der Waals surface area contributed by atoms with Crippen molar-refractivity contribution in [1.29, 1.82) is 5.26 Å². The summed E-state index contributed by atoms with van der Waals surface area (Å²) < 4.78 is 0. The van der Waals surface area contributed by atoms with Crippen LogP contribution >= 0.6 is 0 Å². The molecule has 5 nitrogen and oxygen atoms in total. The van der Waals surface area contributed by atoms with E-state index in [0.717, 1.165) is 30.6 Å². The van der Waals surface area contributed by atoms with Gasteiger partial charge in [0.15, 0.2) is 5.82 Å². The van der Waals surface area contributed by atoms with Gasteiger partial charge in [0.05, 0.1) is 5.69 Å². The van der Waals surface area contributed by atoms with Crippen LogP contribution in [0.3, 0.4) is 0 Å². The van der Waals surface area contributed by atoms with E-state index < -0.39 is 0 Å². The molecule has 0 saturated heterocycles. The third-order valence-corrected chi connectivity index (χ3v) is 3.52. The summed E-state index contributed by atoms with van der Waals surface area (Å²) in [6.07, 6.45) is 1.59. The van der Waals surface area contributed by atoms with Crippen molar-refractivity contribution in [2.45, 2.75) is 40.5 Å². The second-order valence-electron chi connectivity index (χ2n) is 5.87. The summed E-state index contributed by atoms with van der Waals surface area (Å²) in [7, 11) is 1.94. The Morgan fingerprint density at radius 2 is 1.90 bits per heavy atom. The molecular weight excluding hydrogens is 250 g/mol. The lowest BCUT2D eigenvalue weighted by Gasteiger charge is -2.30. The summed E-state index contributed by atoms with van der Waals surface area (Å²) in [6, 6.07) is 2.30. The minimum Gasteiger partial charge on any atom is -0.356 e. The Balaban J connectivity index is 3.22. The van der Waals surface area contributed by atoms with Gasteiger partial charge in [0.25, 0.3) is 0 Å². The predicted octanol–water partition coefficient (Wildman–Crippen LogP) is 1.89. The third-order valence-electron chi connectivity index (χ3n) is 3.52. The van der Waals surface area contributed by atoms with E-state index in [1.165, 1.54) is 0 Å². The van der Waals surface area contributed by atoms with Crippen molar-refractivity contribution in [2.24, 2.45) is 11.1 Å². The highest BCUT2D eigenvalue weighted by molar-refractivity contribution is 5.57. The monoisotopic (exact) mass is 275 g/mol. The fourth-order valence-corrected chi connectivity index (χ4v) is 2.33. The molecule has 0 aromatic carbocycles. The van der Waals surface area contributed by atoms with Crippen LogP contribution in [0.4, 0.5) is 5.82 Å². The number of hydrogen-bond acceptors (Lipinski definition) is 5. The molecule has 1 heterocycles. The molecule has 1 aromatic heterocycles. The van der Waals surface area contributed by atoms with Gasteiger partial charge in [-0.3, -0.25) is 0 Å². The zero-order valence-corrected chi connectivity index (χ0v) is 13.2. The van der Waals surface area contributed by atoms with Gasteiger partial charge < -0.3 is 10.6 Å². The summed E-state index contributed by atoms with van der Waals surface area (Å²) in [5, 5.41) is 18.0. The Bertz CT molecular complexity index is 502. The van der Waals surface area contributed by atoms with Crippen LogP contribution < -0.4 is 10.6 Å². The molecule has 0 radical (unpaired) electrons. The van der Waals surface area contributed by atoms with Gasteiger partial charge in [0, 0.05) is 13.6 Å². The lowest BCUT2D eigenvalue weighted by molar-refractivity contribution is 0.383. The van der Waals surface area contributed by atoms with Crippen molar-refractivity contribution >= 4 is 5.82 Å². The van der Waals surface area contributed by atoms with Gasteiger partial charge in [-0.15, -0.1) is 5.10 Å². The maximum atomic E-state index is 9.49. The molecule has 0 unspecified atom stereocenters. The molecule has 1 aromatic rings. The fraction of sp³-hybridized carbons (Fsp3) is 0.667. The highest BCUT2D eigenvalue weighted by Gasteiger charge is 2.23. The van der Waals surface area contributed by atoms with E-state index in [1.54, 1.807) is 0 Å². The molecule has 2 N–H and O–H groups in total. The van der Waals surface area contributed by atoms with Gasteiger partial charge in [-0.1, -0.05) is 27.7 Å². The fourth-order valence-electron chi connectivity index (χ4n) is 2.33. The minimum absolute atomic E-state index is 0.0288. The molecule has 0 aliphatic heterocycles. The molecule has 110 valence electrons. The summed E-state index contributed by atoms with van der Waals surface area (Å²) in [5.74, 6) is 0.656. The van der Waals surface area contributed by atoms with E-state index in [2.05, 4.69) is 30.1 Å². The smallest absolute Gasteiger partial charge is 0.169 e. The summed E-state index contributed by atoms with van der Waals surface area (Å²) >= 11 is 0. The lowest BCUT2D eigenvalue weighted by atomic mass is 9.93. The van der Waals surface area contributed by atoms with Gasteiger partial charge in [-0.05, 0) is 30.4 Å². The normalized spacial score (nSPS) is 11.2. The largest absolute Gasteiger partial charge is 0.356 e. The zero-order chi connectivity index (χ0) is 15.3. The maximum absolute atomic E-state index is 9.49. The van der Waals surface area contributed by atoms with Gasteiger partial charge in [0.2, 0.25) is 0 Å². The van der Waals surface area contributed by atoms with Gasteiger partial charge in [0.1, 0.15) is 11.6 Å². The number of aryl methyl sites for hydroxylation is 1. The van der Waals surface area contributed by atoms with Crippen molar-refractivity contribution in [3.63, 3.8) is 0 Å². The van der Waals surface area contributed by atoms with Crippen LogP contribution in [0.25, 0.3) is 0 Å². The Hall–Kier alpha value is -1.67. The number of nitriles is 1.